The monoisotopic (exact) mass is 280 g/mol. The van der Waals surface area contributed by atoms with Gasteiger partial charge in [-0.1, -0.05) is 0 Å². The number of carbonyl (C=O) groups excluding carboxylic acids is 2. The summed E-state index contributed by atoms with van der Waals surface area (Å²) in [6, 6.07) is 2.62. The van der Waals surface area contributed by atoms with Crippen molar-refractivity contribution in [3.8, 4) is 0 Å². The van der Waals surface area contributed by atoms with Crippen LogP contribution in [0.25, 0.3) is 0 Å². The number of carboxylic acids is 1. The van der Waals surface area contributed by atoms with Crippen LogP contribution in [0.1, 0.15) is 12.1 Å². The number of aromatic nitrogens is 1. The van der Waals surface area contributed by atoms with E-state index in [0.29, 0.717) is 11.4 Å². The minimum Gasteiger partial charge on any atom is -0.481 e. The standard InChI is InChI=1S/C12H16N4O4/c1-13-10(17)4-5-14-12(20)16-9-3-2-8(15-7-9)6-11(18)19/h2-3,7H,4-6H2,1H3,(H,13,17)(H,18,19)(H2,14,16,20). The Kier molecular flexibility index (Phi) is 5.95. The van der Waals surface area contributed by atoms with Crippen LogP contribution in [0, 0.1) is 0 Å². The maximum Gasteiger partial charge on any atom is 0.319 e. The van der Waals surface area contributed by atoms with Crippen molar-refractivity contribution in [2.45, 2.75) is 12.8 Å². The second-order valence-electron chi connectivity index (χ2n) is 3.91. The molecule has 0 aliphatic carbocycles. The maximum atomic E-state index is 11.5. The quantitative estimate of drug-likeness (QED) is 0.583. The molecule has 1 heterocycles. The van der Waals surface area contributed by atoms with Gasteiger partial charge in [0.25, 0.3) is 0 Å². The predicted molar refractivity (Wildman–Crippen MR) is 71.3 cm³/mol. The summed E-state index contributed by atoms with van der Waals surface area (Å²) in [5.74, 6) is -1.13. The van der Waals surface area contributed by atoms with Gasteiger partial charge in [0.2, 0.25) is 5.91 Å². The average molecular weight is 280 g/mol. The average Bonchev–Trinajstić information content (AvgIpc) is 2.40. The Labute approximate surface area is 115 Å². The van der Waals surface area contributed by atoms with E-state index in [-0.39, 0.29) is 25.3 Å². The Hall–Kier alpha value is -2.64. The molecular formula is C12H16N4O4. The van der Waals surface area contributed by atoms with Crippen molar-refractivity contribution in [3.05, 3.63) is 24.0 Å². The number of nitrogens with zero attached hydrogens (tertiary/aromatic N) is 1. The van der Waals surface area contributed by atoms with Gasteiger partial charge in [-0.3, -0.25) is 14.6 Å². The number of nitrogens with one attached hydrogen (secondary N) is 3. The Morgan fingerprint density at radius 3 is 2.60 bits per heavy atom. The number of carbonyl (C=O) groups is 3. The molecule has 1 aromatic heterocycles. The third-order valence-corrected chi connectivity index (χ3v) is 2.33. The highest BCUT2D eigenvalue weighted by molar-refractivity contribution is 5.89. The van der Waals surface area contributed by atoms with E-state index in [4.69, 9.17) is 5.11 Å². The molecule has 0 atom stereocenters. The summed E-state index contributed by atoms with van der Waals surface area (Å²) in [4.78, 5) is 36.8. The van der Waals surface area contributed by atoms with Gasteiger partial charge in [0.05, 0.1) is 24.0 Å². The Morgan fingerprint density at radius 1 is 1.30 bits per heavy atom. The van der Waals surface area contributed by atoms with Gasteiger partial charge >= 0.3 is 12.0 Å². The van der Waals surface area contributed by atoms with Crippen LogP contribution in [0.4, 0.5) is 10.5 Å². The molecule has 0 bridgehead atoms. The van der Waals surface area contributed by atoms with Crippen molar-refractivity contribution in [2.75, 3.05) is 18.9 Å². The van der Waals surface area contributed by atoms with E-state index in [1.165, 1.54) is 19.3 Å². The Balaban J connectivity index is 2.38. The first-order chi connectivity index (χ1) is 9.51. The number of pyridine rings is 1. The molecule has 0 radical (unpaired) electrons. The molecule has 20 heavy (non-hydrogen) atoms. The van der Waals surface area contributed by atoms with Crippen molar-refractivity contribution < 1.29 is 19.5 Å². The van der Waals surface area contributed by atoms with Crippen LogP contribution >= 0.6 is 0 Å². The molecule has 0 aliphatic heterocycles. The molecule has 4 N–H and O–H groups in total. The van der Waals surface area contributed by atoms with E-state index in [9.17, 15) is 14.4 Å². The van der Waals surface area contributed by atoms with Crippen molar-refractivity contribution in [3.63, 3.8) is 0 Å². The molecule has 8 nitrogen and oxygen atoms in total. The number of hydrogen-bond donors (Lipinski definition) is 4. The van der Waals surface area contributed by atoms with Crippen LogP contribution in [-0.2, 0) is 16.0 Å². The molecule has 8 heteroatoms. The van der Waals surface area contributed by atoms with Crippen molar-refractivity contribution >= 4 is 23.6 Å². The zero-order valence-electron chi connectivity index (χ0n) is 11.0. The Morgan fingerprint density at radius 2 is 2.05 bits per heavy atom. The molecule has 0 aliphatic rings. The number of anilines is 1. The third kappa shape index (κ3) is 5.80. The molecule has 1 aromatic rings. The summed E-state index contributed by atoms with van der Waals surface area (Å²) in [6.45, 7) is 0.218. The van der Waals surface area contributed by atoms with E-state index in [1.807, 2.05) is 0 Å². The molecule has 0 fully saturated rings. The van der Waals surface area contributed by atoms with Gasteiger partial charge in [0.1, 0.15) is 0 Å². The summed E-state index contributed by atoms with van der Waals surface area (Å²) in [7, 11) is 1.52. The zero-order chi connectivity index (χ0) is 15.0. The van der Waals surface area contributed by atoms with Crippen LogP contribution in [0.3, 0.4) is 0 Å². The predicted octanol–water partition coefficient (Wildman–Crippen LogP) is -0.0337. The normalized spacial score (nSPS) is 9.65. The summed E-state index contributed by atoms with van der Waals surface area (Å²) in [5, 5.41) is 16.1. The van der Waals surface area contributed by atoms with Crippen LogP contribution in [-0.4, -0.2) is 41.6 Å². The molecule has 0 aromatic carbocycles. The van der Waals surface area contributed by atoms with E-state index in [0.717, 1.165) is 0 Å². The smallest absolute Gasteiger partial charge is 0.319 e. The first-order valence-corrected chi connectivity index (χ1v) is 5.93. The van der Waals surface area contributed by atoms with Gasteiger partial charge in [0.15, 0.2) is 0 Å². The lowest BCUT2D eigenvalue weighted by molar-refractivity contribution is -0.136. The van der Waals surface area contributed by atoms with Crippen LogP contribution in [0.5, 0.6) is 0 Å². The van der Waals surface area contributed by atoms with E-state index in [2.05, 4.69) is 20.9 Å². The molecule has 0 saturated heterocycles. The van der Waals surface area contributed by atoms with Crippen molar-refractivity contribution in [1.82, 2.24) is 15.6 Å². The molecular weight excluding hydrogens is 264 g/mol. The second-order valence-corrected chi connectivity index (χ2v) is 3.91. The fourth-order valence-corrected chi connectivity index (χ4v) is 1.35. The van der Waals surface area contributed by atoms with Crippen LogP contribution < -0.4 is 16.0 Å². The first kappa shape index (κ1) is 15.4. The summed E-state index contributed by atoms with van der Waals surface area (Å²) in [5.41, 5.74) is 0.847. The summed E-state index contributed by atoms with van der Waals surface area (Å²) >= 11 is 0. The van der Waals surface area contributed by atoms with E-state index in [1.54, 1.807) is 6.07 Å². The van der Waals surface area contributed by atoms with E-state index >= 15 is 0 Å². The van der Waals surface area contributed by atoms with Gasteiger partial charge in [-0.15, -0.1) is 0 Å². The highest BCUT2D eigenvalue weighted by atomic mass is 16.4. The van der Waals surface area contributed by atoms with Gasteiger partial charge in [0, 0.05) is 20.0 Å². The topological polar surface area (TPSA) is 120 Å². The lowest BCUT2D eigenvalue weighted by Crippen LogP contribution is -2.32. The van der Waals surface area contributed by atoms with Crippen LogP contribution in [0.15, 0.2) is 18.3 Å². The first-order valence-electron chi connectivity index (χ1n) is 5.93. The van der Waals surface area contributed by atoms with Crippen molar-refractivity contribution in [1.29, 1.82) is 0 Å². The molecule has 0 saturated carbocycles. The molecule has 108 valence electrons. The van der Waals surface area contributed by atoms with Crippen LogP contribution in [0.2, 0.25) is 0 Å². The number of carboxylic acid groups (broad SMARTS) is 1. The highest BCUT2D eigenvalue weighted by Gasteiger charge is 2.05. The fraction of sp³-hybridized carbons (Fsp3) is 0.333. The minimum absolute atomic E-state index is 0.162. The number of amides is 3. The van der Waals surface area contributed by atoms with Gasteiger partial charge in [-0.2, -0.15) is 0 Å². The van der Waals surface area contributed by atoms with Gasteiger partial charge in [-0.05, 0) is 12.1 Å². The second kappa shape index (κ2) is 7.72. The maximum absolute atomic E-state index is 11.5. The number of aliphatic carboxylic acids is 1. The van der Waals surface area contributed by atoms with Gasteiger partial charge in [-0.25, -0.2) is 4.79 Å². The number of rotatable bonds is 6. The molecule has 1 rings (SSSR count). The molecule has 0 spiro atoms. The number of hydrogen-bond acceptors (Lipinski definition) is 4. The van der Waals surface area contributed by atoms with Gasteiger partial charge < -0.3 is 21.1 Å². The lowest BCUT2D eigenvalue weighted by Gasteiger charge is -2.07. The highest BCUT2D eigenvalue weighted by Crippen LogP contribution is 2.06. The SMILES string of the molecule is CNC(=O)CCNC(=O)Nc1ccc(CC(=O)O)nc1. The zero-order valence-corrected chi connectivity index (χ0v) is 11.0. The van der Waals surface area contributed by atoms with E-state index < -0.39 is 12.0 Å². The molecule has 0 unspecified atom stereocenters. The Bertz CT molecular complexity index is 487. The third-order valence-electron chi connectivity index (χ3n) is 2.33. The number of urea groups is 1. The van der Waals surface area contributed by atoms with Crippen molar-refractivity contribution in [2.24, 2.45) is 0 Å². The summed E-state index contributed by atoms with van der Waals surface area (Å²) < 4.78 is 0. The molecule has 3 amide bonds. The largest absolute Gasteiger partial charge is 0.481 e. The fourth-order valence-electron chi connectivity index (χ4n) is 1.35. The lowest BCUT2D eigenvalue weighted by atomic mass is 10.2. The summed E-state index contributed by atoms with van der Waals surface area (Å²) in [6.07, 6.45) is 1.40. The minimum atomic E-state index is -0.967.